The van der Waals surface area contributed by atoms with Gasteiger partial charge in [-0.25, -0.2) is 14.2 Å². The van der Waals surface area contributed by atoms with E-state index in [1.807, 2.05) is 48.6 Å². The van der Waals surface area contributed by atoms with E-state index in [9.17, 15) is 23.8 Å². The summed E-state index contributed by atoms with van der Waals surface area (Å²) in [5.41, 5.74) is -0.638. The maximum absolute atomic E-state index is 13.6. The van der Waals surface area contributed by atoms with Gasteiger partial charge in [0.15, 0.2) is 0 Å². The summed E-state index contributed by atoms with van der Waals surface area (Å²) in [5, 5.41) is 11.2. The quantitative estimate of drug-likeness (QED) is 0.431. The molecule has 8 nitrogen and oxygen atoms in total. The summed E-state index contributed by atoms with van der Waals surface area (Å²) in [6, 6.07) is -0.616. The fraction of sp³-hybridized carbons (Fsp3) is 0.417. The first-order chi connectivity index (χ1) is 15.9. The van der Waals surface area contributed by atoms with Crippen LogP contribution in [0.3, 0.4) is 0 Å². The summed E-state index contributed by atoms with van der Waals surface area (Å²) in [7, 11) is -3.61. The highest BCUT2D eigenvalue weighted by molar-refractivity contribution is 8.29. The van der Waals surface area contributed by atoms with Crippen molar-refractivity contribution in [1.82, 2.24) is 9.36 Å². The van der Waals surface area contributed by atoms with Gasteiger partial charge in [-0.1, -0.05) is 55.0 Å². The minimum Gasteiger partial charge on any atom is -0.493 e. The molecule has 0 radical (unpaired) electrons. The molecule has 0 bridgehead atoms. The Kier molecular flexibility index (Phi) is 5.50. The first-order valence-electron chi connectivity index (χ1n) is 11.3. The summed E-state index contributed by atoms with van der Waals surface area (Å²) in [6.07, 6.45) is 20.6. The van der Waals surface area contributed by atoms with Gasteiger partial charge in [-0.05, 0) is 31.8 Å². The number of esters is 1. The minimum atomic E-state index is -3.61. The van der Waals surface area contributed by atoms with Gasteiger partial charge in [-0.15, -0.1) is 10.6 Å². The zero-order valence-electron chi connectivity index (χ0n) is 18.2. The molecule has 1 aromatic heterocycles. The van der Waals surface area contributed by atoms with Crippen LogP contribution < -0.4 is 5.56 Å². The summed E-state index contributed by atoms with van der Waals surface area (Å²) in [4.78, 5) is 24.6. The van der Waals surface area contributed by atoms with E-state index in [0.717, 1.165) is 25.3 Å². The zero-order valence-corrected chi connectivity index (χ0v) is 19.0. The maximum atomic E-state index is 13.6. The van der Waals surface area contributed by atoms with Crippen LogP contribution in [0, 0.1) is 0 Å². The van der Waals surface area contributed by atoms with Crippen LogP contribution in [0.4, 0.5) is 0 Å². The lowest BCUT2D eigenvalue weighted by molar-refractivity contribution is -0.145. The molecular formula is C24H28N2O6S. The number of allylic oxidation sites excluding steroid dienone is 8. The molecule has 3 aliphatic carbocycles. The van der Waals surface area contributed by atoms with Crippen molar-refractivity contribution in [2.75, 3.05) is 0 Å². The number of carbonyl (C=O) groups is 1. The van der Waals surface area contributed by atoms with Crippen molar-refractivity contribution >= 4 is 22.6 Å². The van der Waals surface area contributed by atoms with Crippen LogP contribution in [0.1, 0.15) is 62.6 Å². The maximum Gasteiger partial charge on any atom is 0.356 e. The van der Waals surface area contributed by atoms with Gasteiger partial charge in [0.2, 0.25) is 10.8 Å². The lowest BCUT2D eigenvalue weighted by Gasteiger charge is -2.44. The number of ether oxygens (including phenoxy) is 1. The Morgan fingerprint density at radius 3 is 2.12 bits per heavy atom. The Hall–Kier alpha value is -2.75. The normalized spacial score (nSPS) is 29.6. The van der Waals surface area contributed by atoms with Crippen molar-refractivity contribution in [2.45, 2.75) is 62.0 Å². The molecule has 1 spiro atoms. The largest absolute Gasteiger partial charge is 0.493 e. The van der Waals surface area contributed by atoms with E-state index in [2.05, 4.69) is 0 Å². The molecule has 9 heteroatoms. The highest BCUT2D eigenvalue weighted by Crippen LogP contribution is 2.69. The van der Waals surface area contributed by atoms with Crippen molar-refractivity contribution in [3.05, 3.63) is 69.4 Å². The van der Waals surface area contributed by atoms with Gasteiger partial charge in [0.25, 0.3) is 5.56 Å². The van der Waals surface area contributed by atoms with Crippen LogP contribution >= 0.6 is 10.6 Å². The third kappa shape index (κ3) is 3.46. The molecule has 2 fully saturated rings. The van der Waals surface area contributed by atoms with Gasteiger partial charge in [0, 0.05) is 12.8 Å². The molecule has 3 N–H and O–H groups in total. The molecule has 176 valence electrons. The van der Waals surface area contributed by atoms with Crippen molar-refractivity contribution in [2.24, 2.45) is 0 Å². The first kappa shape index (κ1) is 22.1. The molecule has 1 aromatic rings. The molecular weight excluding hydrogens is 444 g/mol. The Morgan fingerprint density at radius 1 is 0.939 bits per heavy atom. The van der Waals surface area contributed by atoms with Gasteiger partial charge >= 0.3 is 5.97 Å². The van der Waals surface area contributed by atoms with E-state index in [1.54, 1.807) is 0 Å². The Morgan fingerprint density at radius 2 is 1.55 bits per heavy atom. The monoisotopic (exact) mass is 472 g/mol. The Bertz CT molecular complexity index is 1180. The molecule has 2 heterocycles. The summed E-state index contributed by atoms with van der Waals surface area (Å²) < 4.78 is 30.8. The molecule has 33 heavy (non-hydrogen) atoms. The SMILES string of the molecule is O=C1OC2(CCCCC2)S(O)(O)C1=Cc1c(O)n(C2C=CC=CC2)n(C2C=CC=CC2)c1=O. The highest BCUT2D eigenvalue weighted by Gasteiger charge is 2.57. The zero-order chi connectivity index (χ0) is 23.2. The molecule has 4 aliphatic rings. The fourth-order valence-electron chi connectivity index (χ4n) is 5.14. The van der Waals surface area contributed by atoms with Gasteiger partial charge in [0.05, 0.1) is 12.1 Å². The number of hydrogen-bond acceptors (Lipinski definition) is 6. The molecule has 1 saturated heterocycles. The van der Waals surface area contributed by atoms with Gasteiger partial charge < -0.3 is 9.84 Å². The van der Waals surface area contributed by atoms with Gasteiger partial charge in [0.1, 0.15) is 10.5 Å². The third-order valence-corrected chi connectivity index (χ3v) is 9.30. The van der Waals surface area contributed by atoms with Gasteiger partial charge in [-0.3, -0.25) is 13.9 Å². The van der Waals surface area contributed by atoms with Crippen molar-refractivity contribution in [3.63, 3.8) is 0 Å². The third-order valence-electron chi connectivity index (χ3n) is 6.87. The number of hydrogen-bond donors (Lipinski definition) is 3. The van der Waals surface area contributed by atoms with Gasteiger partial charge in [-0.2, -0.15) is 0 Å². The second kappa shape index (κ2) is 8.23. The average molecular weight is 473 g/mol. The summed E-state index contributed by atoms with van der Waals surface area (Å²) in [6.45, 7) is 0. The second-order valence-corrected chi connectivity index (χ2v) is 11.2. The van der Waals surface area contributed by atoms with Crippen molar-refractivity contribution < 1.29 is 23.7 Å². The second-order valence-electron chi connectivity index (χ2n) is 8.88. The standard InChI is InChI=1S/C24H28N2O6S/c27-21-19(16-20-23(29)32-24(33(20,30)31)14-8-3-9-15-24)22(28)26(18-12-6-2-7-13-18)25(21)17-10-4-1-5-11-17/h1-2,4-7,10,12,16-18,27,30-31H,3,8-9,11,13-15H2. The van der Waals surface area contributed by atoms with Crippen molar-refractivity contribution in [3.8, 4) is 5.88 Å². The molecule has 0 amide bonds. The topological polar surface area (TPSA) is 114 Å². The van der Waals surface area contributed by atoms with Crippen molar-refractivity contribution in [1.29, 1.82) is 0 Å². The smallest absolute Gasteiger partial charge is 0.356 e. The average Bonchev–Trinajstić information content (AvgIpc) is 3.17. The van der Waals surface area contributed by atoms with Crippen LogP contribution in [0.2, 0.25) is 0 Å². The summed E-state index contributed by atoms with van der Waals surface area (Å²) in [5.74, 6) is -1.15. The molecule has 2 atom stereocenters. The fourth-order valence-corrected chi connectivity index (χ4v) is 7.14. The number of aromatic nitrogens is 2. The number of carbonyl (C=O) groups excluding carboxylic acids is 1. The predicted octanol–water partition coefficient (Wildman–Crippen LogP) is 4.78. The van der Waals surface area contributed by atoms with E-state index in [-0.39, 0.29) is 28.4 Å². The molecule has 1 aliphatic heterocycles. The Labute approximate surface area is 193 Å². The van der Waals surface area contributed by atoms with Crippen LogP contribution in [0.25, 0.3) is 6.08 Å². The van der Waals surface area contributed by atoms with E-state index in [1.165, 1.54) is 9.36 Å². The van der Waals surface area contributed by atoms with E-state index < -0.39 is 27.1 Å². The van der Waals surface area contributed by atoms with Crippen LogP contribution in [0.15, 0.2) is 58.3 Å². The van der Waals surface area contributed by atoms with E-state index in [0.29, 0.717) is 25.7 Å². The lowest BCUT2D eigenvalue weighted by Crippen LogP contribution is -2.35. The minimum absolute atomic E-state index is 0.138. The highest BCUT2D eigenvalue weighted by atomic mass is 32.3. The summed E-state index contributed by atoms with van der Waals surface area (Å²) >= 11 is 0. The van der Waals surface area contributed by atoms with Crippen LogP contribution in [-0.4, -0.2) is 34.5 Å². The lowest BCUT2D eigenvalue weighted by atomic mass is 9.97. The van der Waals surface area contributed by atoms with E-state index in [4.69, 9.17) is 4.74 Å². The predicted molar refractivity (Wildman–Crippen MR) is 127 cm³/mol. The molecule has 1 saturated carbocycles. The Balaban J connectivity index is 1.64. The number of nitrogens with zero attached hydrogens (tertiary/aromatic N) is 2. The number of rotatable bonds is 3. The molecule has 0 aromatic carbocycles. The van der Waals surface area contributed by atoms with Crippen LogP contribution in [-0.2, 0) is 9.53 Å². The van der Waals surface area contributed by atoms with Crippen LogP contribution in [0.5, 0.6) is 5.88 Å². The molecule has 2 unspecified atom stereocenters. The first-order valence-corrected chi connectivity index (χ1v) is 12.9. The molecule has 5 rings (SSSR count). The van der Waals surface area contributed by atoms with E-state index >= 15 is 0 Å². The number of aromatic hydroxyl groups is 1.